The van der Waals surface area contributed by atoms with Crippen molar-refractivity contribution in [3.05, 3.63) is 45.8 Å². The number of pyridine rings is 1. The van der Waals surface area contributed by atoms with E-state index in [4.69, 9.17) is 16.3 Å². The highest BCUT2D eigenvalue weighted by Crippen LogP contribution is 2.27. The van der Waals surface area contributed by atoms with Crippen LogP contribution >= 0.6 is 11.6 Å². The van der Waals surface area contributed by atoms with Crippen LogP contribution in [-0.2, 0) is 11.8 Å². The largest absolute Gasteiger partial charge is 0.478 e. The summed E-state index contributed by atoms with van der Waals surface area (Å²) in [5, 5.41) is 6.89. The molecular formula is C22H26ClN7O3. The number of piperazine rings is 1. The van der Waals surface area contributed by atoms with Gasteiger partial charge in [0.05, 0.1) is 11.7 Å². The van der Waals surface area contributed by atoms with Crippen LogP contribution in [0.1, 0.15) is 0 Å². The molecule has 33 heavy (non-hydrogen) atoms. The maximum absolute atomic E-state index is 12.6. The van der Waals surface area contributed by atoms with Crippen LogP contribution in [0, 0.1) is 0 Å². The Morgan fingerprint density at radius 2 is 1.94 bits per heavy atom. The average molecular weight is 472 g/mol. The van der Waals surface area contributed by atoms with Gasteiger partial charge in [-0.1, -0.05) is 11.6 Å². The number of rotatable bonds is 6. The van der Waals surface area contributed by atoms with E-state index in [1.807, 2.05) is 18.2 Å². The minimum atomic E-state index is -0.317. The molecule has 3 aromatic rings. The fourth-order valence-electron chi connectivity index (χ4n) is 3.59. The van der Waals surface area contributed by atoms with Gasteiger partial charge in [0.2, 0.25) is 5.95 Å². The first-order chi connectivity index (χ1) is 15.9. The summed E-state index contributed by atoms with van der Waals surface area (Å²) in [4.78, 5) is 37.5. The Hall–Kier alpha value is -3.37. The van der Waals surface area contributed by atoms with Crippen LogP contribution in [0.2, 0.25) is 5.02 Å². The molecule has 0 unspecified atom stereocenters. The van der Waals surface area contributed by atoms with Gasteiger partial charge in [-0.3, -0.25) is 9.59 Å². The summed E-state index contributed by atoms with van der Waals surface area (Å²) in [5.74, 6) is 0.911. The molecule has 0 bridgehead atoms. The Balaban J connectivity index is 1.61. The van der Waals surface area contributed by atoms with Gasteiger partial charge in [-0.25, -0.2) is 4.98 Å². The number of benzene rings is 1. The molecule has 1 aliphatic rings. The van der Waals surface area contributed by atoms with Gasteiger partial charge in [-0.15, -0.1) is 0 Å². The quantitative estimate of drug-likeness (QED) is 0.558. The number of hydrogen-bond acceptors (Lipinski definition) is 8. The van der Waals surface area contributed by atoms with E-state index in [1.54, 1.807) is 19.3 Å². The molecule has 1 amide bonds. The third-order valence-electron chi connectivity index (χ3n) is 5.61. The maximum atomic E-state index is 12.6. The summed E-state index contributed by atoms with van der Waals surface area (Å²) >= 11 is 6.36. The van der Waals surface area contributed by atoms with E-state index in [0.717, 1.165) is 42.8 Å². The molecule has 11 heteroatoms. The normalized spacial score (nSPS) is 14.4. The number of hydrogen-bond donors (Lipinski definition) is 2. The van der Waals surface area contributed by atoms with Crippen molar-refractivity contribution in [3.8, 4) is 5.75 Å². The first kappa shape index (κ1) is 22.8. The second kappa shape index (κ2) is 9.63. The number of carbonyl (C=O) groups is 1. The van der Waals surface area contributed by atoms with Gasteiger partial charge in [-0.2, -0.15) is 4.98 Å². The van der Waals surface area contributed by atoms with Crippen LogP contribution in [0.15, 0.2) is 35.3 Å². The fraction of sp³-hybridized carbons (Fsp3) is 0.364. The van der Waals surface area contributed by atoms with Gasteiger partial charge in [-0.05, 0) is 31.3 Å². The van der Waals surface area contributed by atoms with Gasteiger partial charge in [0, 0.05) is 51.3 Å². The summed E-state index contributed by atoms with van der Waals surface area (Å²) in [6.45, 7) is 3.35. The van der Waals surface area contributed by atoms with Gasteiger partial charge in [0.15, 0.2) is 18.2 Å². The lowest BCUT2D eigenvalue weighted by molar-refractivity contribution is -0.122. The zero-order valence-corrected chi connectivity index (χ0v) is 19.5. The second-order valence-electron chi connectivity index (χ2n) is 7.89. The molecule has 0 saturated carbocycles. The lowest BCUT2D eigenvalue weighted by Gasteiger charge is -2.32. The molecule has 2 aromatic heterocycles. The molecule has 10 nitrogen and oxygen atoms in total. The number of anilines is 3. The Morgan fingerprint density at radius 3 is 2.67 bits per heavy atom. The number of ether oxygens (including phenoxy) is 1. The van der Waals surface area contributed by atoms with Crippen molar-refractivity contribution in [2.75, 3.05) is 57.1 Å². The molecule has 0 aliphatic carbocycles. The van der Waals surface area contributed by atoms with Crippen molar-refractivity contribution in [3.63, 3.8) is 0 Å². The van der Waals surface area contributed by atoms with Crippen molar-refractivity contribution in [1.29, 1.82) is 0 Å². The van der Waals surface area contributed by atoms with E-state index in [9.17, 15) is 9.59 Å². The standard InChI is InChI=1S/C22H26ClN7O3/c1-24-19(31)13-33-18-11-14-10-15(4-5-17(14)29(3)21(18)32)26-20-16(23)12-25-22(27-20)30-8-6-28(2)7-9-30/h4-5,10-12H,6-9,13H2,1-3H3,(H,24,31)(H,25,26,27). The lowest BCUT2D eigenvalue weighted by atomic mass is 10.2. The predicted octanol–water partition coefficient (Wildman–Crippen LogP) is 1.60. The lowest BCUT2D eigenvalue weighted by Crippen LogP contribution is -2.45. The summed E-state index contributed by atoms with van der Waals surface area (Å²) in [6, 6.07) is 7.18. The predicted molar refractivity (Wildman–Crippen MR) is 129 cm³/mol. The number of aryl methyl sites for hydroxylation is 1. The summed E-state index contributed by atoms with van der Waals surface area (Å²) < 4.78 is 6.92. The molecular weight excluding hydrogens is 446 g/mol. The molecule has 1 aromatic carbocycles. The van der Waals surface area contributed by atoms with Crippen molar-refractivity contribution >= 4 is 45.9 Å². The van der Waals surface area contributed by atoms with Crippen LogP contribution in [0.5, 0.6) is 5.75 Å². The molecule has 0 atom stereocenters. The molecule has 1 fully saturated rings. The van der Waals surface area contributed by atoms with Gasteiger partial charge < -0.3 is 29.7 Å². The molecule has 0 spiro atoms. The Bertz CT molecular complexity index is 1240. The molecule has 174 valence electrons. The highest BCUT2D eigenvalue weighted by atomic mass is 35.5. The fourth-order valence-corrected chi connectivity index (χ4v) is 3.73. The van der Waals surface area contributed by atoms with E-state index in [1.165, 1.54) is 11.6 Å². The first-order valence-electron chi connectivity index (χ1n) is 10.6. The molecule has 4 rings (SSSR count). The second-order valence-corrected chi connectivity index (χ2v) is 8.30. The molecule has 1 saturated heterocycles. The van der Waals surface area contributed by atoms with E-state index in [-0.39, 0.29) is 23.8 Å². The molecule has 2 N–H and O–H groups in total. The van der Waals surface area contributed by atoms with E-state index >= 15 is 0 Å². The monoisotopic (exact) mass is 471 g/mol. The number of amides is 1. The van der Waals surface area contributed by atoms with Crippen molar-refractivity contribution in [2.24, 2.45) is 7.05 Å². The molecule has 0 radical (unpaired) electrons. The van der Waals surface area contributed by atoms with Gasteiger partial charge >= 0.3 is 0 Å². The number of fused-ring (bicyclic) bond motifs is 1. The van der Waals surface area contributed by atoms with Gasteiger partial charge in [0.1, 0.15) is 5.02 Å². The molecule has 3 heterocycles. The van der Waals surface area contributed by atoms with Crippen molar-refractivity contribution in [2.45, 2.75) is 0 Å². The molecule has 1 aliphatic heterocycles. The third kappa shape index (κ3) is 5.01. The number of halogens is 1. The summed E-state index contributed by atoms with van der Waals surface area (Å²) in [5.41, 5.74) is 1.15. The van der Waals surface area contributed by atoms with Crippen LogP contribution in [0.3, 0.4) is 0 Å². The Kier molecular flexibility index (Phi) is 6.66. The number of aromatic nitrogens is 3. The van der Waals surface area contributed by atoms with Crippen LogP contribution in [-0.4, -0.2) is 72.2 Å². The maximum Gasteiger partial charge on any atom is 0.293 e. The highest BCUT2D eigenvalue weighted by Gasteiger charge is 2.18. The van der Waals surface area contributed by atoms with Gasteiger partial charge in [0.25, 0.3) is 11.5 Å². The SMILES string of the molecule is CNC(=O)COc1cc2cc(Nc3nc(N4CCN(C)CC4)ncc3Cl)ccc2n(C)c1=O. The summed E-state index contributed by atoms with van der Waals surface area (Å²) in [6.07, 6.45) is 1.60. The van der Waals surface area contributed by atoms with Crippen LogP contribution in [0.25, 0.3) is 10.9 Å². The minimum Gasteiger partial charge on any atom is -0.478 e. The zero-order chi connectivity index (χ0) is 23.5. The third-order valence-corrected chi connectivity index (χ3v) is 5.89. The number of likely N-dealkylation sites (N-methyl/N-ethyl adjacent to an activating group) is 2. The summed E-state index contributed by atoms with van der Waals surface area (Å²) in [7, 11) is 5.27. The van der Waals surface area contributed by atoms with E-state index < -0.39 is 0 Å². The van der Waals surface area contributed by atoms with Crippen molar-refractivity contribution in [1.82, 2.24) is 24.8 Å². The highest BCUT2D eigenvalue weighted by molar-refractivity contribution is 6.32. The van der Waals surface area contributed by atoms with E-state index in [2.05, 4.69) is 37.4 Å². The number of carbonyl (C=O) groups excluding carboxylic acids is 1. The Morgan fingerprint density at radius 1 is 1.18 bits per heavy atom. The number of nitrogens with zero attached hydrogens (tertiary/aromatic N) is 5. The minimum absolute atomic E-state index is 0.100. The Labute approximate surface area is 196 Å². The van der Waals surface area contributed by atoms with Crippen LogP contribution in [0.4, 0.5) is 17.5 Å². The zero-order valence-electron chi connectivity index (χ0n) is 18.8. The topological polar surface area (TPSA) is 105 Å². The van der Waals surface area contributed by atoms with E-state index in [0.29, 0.717) is 16.8 Å². The number of nitrogens with one attached hydrogen (secondary N) is 2. The van der Waals surface area contributed by atoms with Crippen LogP contribution < -0.4 is 25.8 Å². The average Bonchev–Trinajstić information content (AvgIpc) is 2.82. The first-order valence-corrected chi connectivity index (χ1v) is 10.9. The van der Waals surface area contributed by atoms with Crippen molar-refractivity contribution < 1.29 is 9.53 Å². The smallest absolute Gasteiger partial charge is 0.293 e.